The number of allylic oxidation sites excluding steroid dienone is 2. The maximum Gasteiger partial charge on any atom is 0.101 e. The van der Waals surface area contributed by atoms with E-state index in [1.165, 1.54) is 44.2 Å². The standard InChI is InChI=1S/C13H24Si/c1-3-5-7-10-14(12-9-13-14)11-8-6-4-2/h7-8,10-11H,3-6,9,12-13H2,1-2H3. The van der Waals surface area contributed by atoms with Gasteiger partial charge in [0.25, 0.3) is 0 Å². The summed E-state index contributed by atoms with van der Waals surface area (Å²) in [4.78, 5) is 0. The van der Waals surface area contributed by atoms with E-state index >= 15 is 0 Å². The van der Waals surface area contributed by atoms with Crippen LogP contribution in [-0.4, -0.2) is 8.07 Å². The molecule has 1 heterocycles. The molecule has 80 valence electrons. The van der Waals surface area contributed by atoms with E-state index in [0.717, 1.165) is 0 Å². The third kappa shape index (κ3) is 3.45. The molecule has 0 aliphatic carbocycles. The van der Waals surface area contributed by atoms with Gasteiger partial charge in [0.15, 0.2) is 0 Å². The minimum absolute atomic E-state index is 0.978. The van der Waals surface area contributed by atoms with E-state index in [-0.39, 0.29) is 0 Å². The zero-order chi connectivity index (χ0) is 10.3. The Hall–Kier alpha value is -0.303. The SMILES string of the molecule is CCCC=C[Si]1(C=CCCC)CCC1. The molecule has 0 nitrogen and oxygen atoms in total. The third-order valence-electron chi connectivity index (χ3n) is 3.09. The van der Waals surface area contributed by atoms with Crippen molar-refractivity contribution in [2.75, 3.05) is 0 Å². The first kappa shape index (κ1) is 11.8. The molecule has 1 aliphatic heterocycles. The summed E-state index contributed by atoms with van der Waals surface area (Å²) in [6.45, 7) is 4.51. The van der Waals surface area contributed by atoms with Crippen LogP contribution in [0.25, 0.3) is 0 Å². The molecule has 14 heavy (non-hydrogen) atoms. The van der Waals surface area contributed by atoms with Gasteiger partial charge in [0.2, 0.25) is 0 Å². The Balaban J connectivity index is 2.41. The highest BCUT2D eigenvalue weighted by Crippen LogP contribution is 2.34. The van der Waals surface area contributed by atoms with Gasteiger partial charge in [-0.1, -0.05) is 68.7 Å². The van der Waals surface area contributed by atoms with Crippen LogP contribution < -0.4 is 0 Å². The van der Waals surface area contributed by atoms with Gasteiger partial charge in [0, 0.05) is 0 Å². The van der Waals surface area contributed by atoms with Gasteiger partial charge in [0.05, 0.1) is 0 Å². The molecule has 0 unspecified atom stereocenters. The van der Waals surface area contributed by atoms with Crippen LogP contribution in [0.1, 0.15) is 46.0 Å². The Bertz CT molecular complexity index is 181. The quantitative estimate of drug-likeness (QED) is 0.558. The van der Waals surface area contributed by atoms with Crippen molar-refractivity contribution in [3.63, 3.8) is 0 Å². The van der Waals surface area contributed by atoms with Gasteiger partial charge in [-0.3, -0.25) is 0 Å². The third-order valence-corrected chi connectivity index (χ3v) is 7.46. The van der Waals surface area contributed by atoms with Gasteiger partial charge < -0.3 is 0 Å². The summed E-state index contributed by atoms with van der Waals surface area (Å²) in [7, 11) is -0.978. The van der Waals surface area contributed by atoms with Crippen LogP contribution in [-0.2, 0) is 0 Å². The van der Waals surface area contributed by atoms with Crippen molar-refractivity contribution in [2.24, 2.45) is 0 Å². The largest absolute Gasteiger partial charge is 0.101 e. The van der Waals surface area contributed by atoms with E-state index in [9.17, 15) is 0 Å². The van der Waals surface area contributed by atoms with Gasteiger partial charge >= 0.3 is 0 Å². The molecule has 1 heteroatoms. The molecule has 0 spiro atoms. The summed E-state index contributed by atoms with van der Waals surface area (Å²) in [5.74, 6) is 0. The fourth-order valence-corrected chi connectivity index (χ4v) is 5.16. The first-order valence-corrected chi connectivity index (χ1v) is 8.75. The van der Waals surface area contributed by atoms with Crippen LogP contribution in [0.3, 0.4) is 0 Å². The van der Waals surface area contributed by atoms with Crippen LogP contribution >= 0.6 is 0 Å². The average Bonchev–Trinajstić information content (AvgIpc) is 2.13. The van der Waals surface area contributed by atoms with Gasteiger partial charge in [-0.2, -0.15) is 0 Å². The van der Waals surface area contributed by atoms with E-state index in [1.54, 1.807) is 0 Å². The molecular weight excluding hydrogens is 184 g/mol. The topological polar surface area (TPSA) is 0 Å². The van der Waals surface area contributed by atoms with Crippen molar-refractivity contribution in [1.82, 2.24) is 0 Å². The van der Waals surface area contributed by atoms with Crippen molar-refractivity contribution in [3.05, 3.63) is 23.6 Å². The molecule has 1 saturated heterocycles. The Kier molecular flexibility index (Phi) is 5.24. The average molecular weight is 208 g/mol. The first-order valence-electron chi connectivity index (χ1n) is 6.18. The first-order chi connectivity index (χ1) is 6.83. The van der Waals surface area contributed by atoms with Crippen molar-refractivity contribution < 1.29 is 0 Å². The van der Waals surface area contributed by atoms with E-state index in [2.05, 4.69) is 37.4 Å². The highest BCUT2D eigenvalue weighted by atomic mass is 28.3. The zero-order valence-corrected chi connectivity index (χ0v) is 10.8. The predicted molar refractivity (Wildman–Crippen MR) is 68.1 cm³/mol. The molecule has 0 saturated carbocycles. The maximum absolute atomic E-state index is 2.59. The summed E-state index contributed by atoms with van der Waals surface area (Å²) in [6, 6.07) is 3.01. The molecule has 1 fully saturated rings. The van der Waals surface area contributed by atoms with E-state index < -0.39 is 8.07 Å². The fraction of sp³-hybridized carbons (Fsp3) is 0.692. The van der Waals surface area contributed by atoms with Crippen LogP contribution in [0.15, 0.2) is 23.6 Å². The molecular formula is C13H24Si. The number of hydrogen-bond acceptors (Lipinski definition) is 0. The van der Waals surface area contributed by atoms with Gasteiger partial charge in [-0.05, 0) is 12.8 Å². The van der Waals surface area contributed by atoms with E-state index in [4.69, 9.17) is 0 Å². The summed E-state index contributed by atoms with van der Waals surface area (Å²) in [6.07, 6.45) is 11.5. The molecule has 1 aliphatic rings. The second-order valence-corrected chi connectivity index (χ2v) is 8.60. The molecule has 0 radical (unpaired) electrons. The van der Waals surface area contributed by atoms with Crippen molar-refractivity contribution in [2.45, 2.75) is 58.0 Å². The smallest absolute Gasteiger partial charge is 0.0944 e. The van der Waals surface area contributed by atoms with Crippen LogP contribution in [0.5, 0.6) is 0 Å². The minimum Gasteiger partial charge on any atom is -0.0944 e. The Morgan fingerprint density at radius 2 is 1.43 bits per heavy atom. The molecule has 1 rings (SSSR count). The highest BCUT2D eigenvalue weighted by Gasteiger charge is 2.33. The fourth-order valence-electron chi connectivity index (χ4n) is 1.94. The van der Waals surface area contributed by atoms with Gasteiger partial charge in [-0.25, -0.2) is 0 Å². The monoisotopic (exact) mass is 208 g/mol. The lowest BCUT2D eigenvalue weighted by Gasteiger charge is -2.34. The normalized spacial score (nSPS) is 20.4. The summed E-state index contributed by atoms with van der Waals surface area (Å²) >= 11 is 0. The Labute approximate surface area is 90.1 Å². The van der Waals surface area contributed by atoms with Crippen molar-refractivity contribution >= 4 is 8.07 Å². The summed E-state index contributed by atoms with van der Waals surface area (Å²) < 4.78 is 0. The number of unbranched alkanes of at least 4 members (excludes halogenated alkanes) is 2. The van der Waals surface area contributed by atoms with Gasteiger partial charge in [0.1, 0.15) is 8.07 Å². The second kappa shape index (κ2) is 6.23. The van der Waals surface area contributed by atoms with Crippen molar-refractivity contribution in [3.8, 4) is 0 Å². The predicted octanol–water partition coefficient (Wildman–Crippen LogP) is 4.63. The molecule has 0 aromatic heterocycles. The molecule has 0 aromatic carbocycles. The zero-order valence-electron chi connectivity index (χ0n) is 9.76. The van der Waals surface area contributed by atoms with Crippen LogP contribution in [0, 0.1) is 0 Å². The lowest BCUT2D eigenvalue weighted by molar-refractivity contribution is 0.913. The molecule has 0 aromatic rings. The van der Waals surface area contributed by atoms with E-state index in [1.807, 2.05) is 0 Å². The van der Waals surface area contributed by atoms with Crippen molar-refractivity contribution in [1.29, 1.82) is 0 Å². The maximum atomic E-state index is 2.59. The molecule has 0 N–H and O–H groups in total. The van der Waals surface area contributed by atoms with E-state index in [0.29, 0.717) is 0 Å². The lowest BCUT2D eigenvalue weighted by Crippen LogP contribution is -2.37. The highest BCUT2D eigenvalue weighted by molar-refractivity contribution is 6.91. The lowest BCUT2D eigenvalue weighted by atomic mass is 10.3. The van der Waals surface area contributed by atoms with Crippen LogP contribution in [0.2, 0.25) is 12.1 Å². The Morgan fingerprint density at radius 3 is 1.71 bits per heavy atom. The molecule has 0 bridgehead atoms. The summed E-state index contributed by atoms with van der Waals surface area (Å²) in [5, 5.41) is 0. The number of hydrogen-bond donors (Lipinski definition) is 0. The summed E-state index contributed by atoms with van der Waals surface area (Å²) in [5.41, 5.74) is 5.18. The van der Waals surface area contributed by atoms with Gasteiger partial charge in [-0.15, -0.1) is 0 Å². The second-order valence-electron chi connectivity index (χ2n) is 4.47. The Morgan fingerprint density at radius 1 is 0.929 bits per heavy atom. The van der Waals surface area contributed by atoms with Crippen LogP contribution in [0.4, 0.5) is 0 Å². The molecule has 0 amide bonds. The minimum atomic E-state index is -0.978. The number of rotatable bonds is 6. The molecule has 0 atom stereocenters.